The van der Waals surface area contributed by atoms with Crippen molar-refractivity contribution in [3.8, 4) is 0 Å². The van der Waals surface area contributed by atoms with Gasteiger partial charge in [-0.05, 0) is 32.6 Å². The van der Waals surface area contributed by atoms with E-state index >= 15 is 0 Å². The first-order valence-electron chi connectivity index (χ1n) is 6.62. The highest BCUT2D eigenvalue weighted by molar-refractivity contribution is 5.81. The van der Waals surface area contributed by atoms with Gasteiger partial charge in [0.15, 0.2) is 0 Å². The third kappa shape index (κ3) is 4.20. The lowest BCUT2D eigenvalue weighted by atomic mass is 10.2. The van der Waals surface area contributed by atoms with Crippen LogP contribution in [0.25, 0.3) is 0 Å². The van der Waals surface area contributed by atoms with Gasteiger partial charge in [0.1, 0.15) is 6.54 Å². The summed E-state index contributed by atoms with van der Waals surface area (Å²) >= 11 is 0. The zero-order valence-corrected chi connectivity index (χ0v) is 11.7. The second-order valence-corrected chi connectivity index (χ2v) is 5.68. The molecule has 1 aliphatic rings. The van der Waals surface area contributed by atoms with E-state index in [0.717, 1.165) is 12.8 Å². The van der Waals surface area contributed by atoms with Crippen LogP contribution in [0.4, 0.5) is 4.79 Å². The minimum absolute atomic E-state index is 0.0925. The number of carboxylic acids is 1. The first kappa shape index (κ1) is 14.8. The zero-order chi connectivity index (χ0) is 13.9. The fourth-order valence-electron chi connectivity index (χ4n) is 1.95. The standard InChI is InChI=1S/C13H24N2O3/c1-9(2)7-14(10(3)4)13(18)15(8-12(16)17)11-5-6-11/h9-11H,5-8H2,1-4H3,(H,16,17). The molecule has 0 aromatic heterocycles. The Hall–Kier alpha value is -1.26. The Balaban J connectivity index is 2.74. The van der Waals surface area contributed by atoms with Gasteiger partial charge in [0.05, 0.1) is 0 Å². The van der Waals surface area contributed by atoms with Gasteiger partial charge in [-0.1, -0.05) is 13.8 Å². The largest absolute Gasteiger partial charge is 0.480 e. The maximum atomic E-state index is 12.4. The molecule has 5 nitrogen and oxygen atoms in total. The number of aliphatic carboxylic acids is 1. The summed E-state index contributed by atoms with van der Waals surface area (Å²) in [5, 5.41) is 8.90. The summed E-state index contributed by atoms with van der Waals surface area (Å²) in [6, 6.07) is 0.0838. The molecule has 1 aliphatic carbocycles. The highest BCUT2D eigenvalue weighted by atomic mass is 16.4. The van der Waals surface area contributed by atoms with Crippen LogP contribution in [0, 0.1) is 5.92 Å². The number of hydrogen-bond acceptors (Lipinski definition) is 2. The Morgan fingerprint density at radius 3 is 2.11 bits per heavy atom. The summed E-state index contributed by atoms with van der Waals surface area (Å²) in [6.07, 6.45) is 1.85. The lowest BCUT2D eigenvalue weighted by molar-refractivity contribution is -0.137. The van der Waals surface area contributed by atoms with Crippen molar-refractivity contribution in [2.24, 2.45) is 5.92 Å². The van der Waals surface area contributed by atoms with E-state index in [1.165, 1.54) is 4.90 Å². The highest BCUT2D eigenvalue weighted by Gasteiger charge is 2.36. The number of carbonyl (C=O) groups is 2. The molecule has 1 rings (SSSR count). The van der Waals surface area contributed by atoms with E-state index in [9.17, 15) is 9.59 Å². The lowest BCUT2D eigenvalue weighted by Crippen LogP contribution is -2.50. The Labute approximate surface area is 109 Å². The van der Waals surface area contributed by atoms with Crippen LogP contribution in [0.1, 0.15) is 40.5 Å². The summed E-state index contributed by atoms with van der Waals surface area (Å²) in [7, 11) is 0. The molecular formula is C13H24N2O3. The molecule has 0 bridgehead atoms. The van der Waals surface area contributed by atoms with Gasteiger partial charge in [-0.2, -0.15) is 0 Å². The molecule has 1 saturated carbocycles. The monoisotopic (exact) mass is 256 g/mol. The molecule has 0 atom stereocenters. The molecular weight excluding hydrogens is 232 g/mol. The lowest BCUT2D eigenvalue weighted by Gasteiger charge is -2.33. The van der Waals surface area contributed by atoms with Gasteiger partial charge in [-0.25, -0.2) is 4.79 Å². The van der Waals surface area contributed by atoms with E-state index < -0.39 is 5.97 Å². The average Bonchev–Trinajstić information content (AvgIpc) is 3.04. The van der Waals surface area contributed by atoms with Gasteiger partial charge in [-0.3, -0.25) is 4.79 Å². The predicted octanol–water partition coefficient (Wildman–Crippen LogP) is 2.02. The van der Waals surface area contributed by atoms with Gasteiger partial charge in [0, 0.05) is 18.6 Å². The van der Waals surface area contributed by atoms with Crippen molar-refractivity contribution in [3.05, 3.63) is 0 Å². The van der Waals surface area contributed by atoms with Crippen LogP contribution in [-0.2, 0) is 4.79 Å². The van der Waals surface area contributed by atoms with E-state index in [2.05, 4.69) is 13.8 Å². The summed E-state index contributed by atoms with van der Waals surface area (Å²) in [4.78, 5) is 26.5. The molecule has 0 aliphatic heterocycles. The number of amides is 2. The van der Waals surface area contributed by atoms with E-state index in [0.29, 0.717) is 12.5 Å². The number of nitrogens with zero attached hydrogens (tertiary/aromatic N) is 2. The van der Waals surface area contributed by atoms with Crippen LogP contribution in [-0.4, -0.2) is 52.1 Å². The average molecular weight is 256 g/mol. The highest BCUT2D eigenvalue weighted by Crippen LogP contribution is 2.28. The molecule has 2 amide bonds. The van der Waals surface area contributed by atoms with E-state index in [4.69, 9.17) is 5.11 Å². The van der Waals surface area contributed by atoms with Crippen molar-refractivity contribution in [2.75, 3.05) is 13.1 Å². The molecule has 0 heterocycles. The zero-order valence-electron chi connectivity index (χ0n) is 11.7. The van der Waals surface area contributed by atoms with E-state index in [1.54, 1.807) is 4.90 Å². The molecule has 18 heavy (non-hydrogen) atoms. The summed E-state index contributed by atoms with van der Waals surface area (Å²) in [5.41, 5.74) is 0. The maximum absolute atomic E-state index is 12.4. The van der Waals surface area contributed by atoms with Crippen LogP contribution in [0.15, 0.2) is 0 Å². The number of hydrogen-bond donors (Lipinski definition) is 1. The molecule has 0 radical (unpaired) electrons. The van der Waals surface area contributed by atoms with E-state index in [-0.39, 0.29) is 24.7 Å². The van der Waals surface area contributed by atoms with Gasteiger partial charge < -0.3 is 14.9 Å². The molecule has 0 unspecified atom stereocenters. The molecule has 0 saturated heterocycles. The third-order valence-electron chi connectivity index (χ3n) is 2.97. The van der Waals surface area contributed by atoms with Crippen molar-refractivity contribution in [1.29, 1.82) is 0 Å². The molecule has 1 N–H and O–H groups in total. The van der Waals surface area contributed by atoms with Crippen LogP contribution in [0.5, 0.6) is 0 Å². The van der Waals surface area contributed by atoms with Crippen molar-refractivity contribution >= 4 is 12.0 Å². The smallest absolute Gasteiger partial charge is 0.323 e. The second-order valence-electron chi connectivity index (χ2n) is 5.68. The number of urea groups is 1. The number of carboxylic acid groups (broad SMARTS) is 1. The van der Waals surface area contributed by atoms with Gasteiger partial charge in [-0.15, -0.1) is 0 Å². The quantitative estimate of drug-likeness (QED) is 0.791. The molecule has 0 spiro atoms. The van der Waals surface area contributed by atoms with Crippen LogP contribution >= 0.6 is 0 Å². The fourth-order valence-corrected chi connectivity index (χ4v) is 1.95. The predicted molar refractivity (Wildman–Crippen MR) is 69.4 cm³/mol. The Morgan fingerprint density at radius 2 is 1.78 bits per heavy atom. The van der Waals surface area contributed by atoms with Gasteiger partial charge in [0.25, 0.3) is 0 Å². The van der Waals surface area contributed by atoms with Crippen molar-refractivity contribution in [3.63, 3.8) is 0 Å². The fraction of sp³-hybridized carbons (Fsp3) is 0.846. The number of carbonyl (C=O) groups excluding carboxylic acids is 1. The second kappa shape index (κ2) is 6.07. The first-order chi connectivity index (χ1) is 8.32. The summed E-state index contributed by atoms with van der Waals surface area (Å²) in [6.45, 7) is 8.52. The molecule has 5 heteroatoms. The SMILES string of the molecule is CC(C)CN(C(=O)N(CC(=O)O)C1CC1)C(C)C. The topological polar surface area (TPSA) is 60.9 Å². The minimum Gasteiger partial charge on any atom is -0.480 e. The molecule has 1 fully saturated rings. The maximum Gasteiger partial charge on any atom is 0.323 e. The van der Waals surface area contributed by atoms with Crippen LogP contribution in [0.2, 0.25) is 0 Å². The molecule has 0 aromatic rings. The Morgan fingerprint density at radius 1 is 1.22 bits per heavy atom. The first-order valence-corrected chi connectivity index (χ1v) is 6.62. The molecule has 0 aromatic carbocycles. The Kier molecular flexibility index (Phi) is 4.99. The molecule has 104 valence electrons. The normalized spacial score (nSPS) is 15.0. The summed E-state index contributed by atoms with van der Waals surface area (Å²) in [5.74, 6) is -0.564. The van der Waals surface area contributed by atoms with Crippen molar-refractivity contribution in [2.45, 2.75) is 52.6 Å². The Bertz CT molecular complexity index is 311. The van der Waals surface area contributed by atoms with Crippen LogP contribution < -0.4 is 0 Å². The van der Waals surface area contributed by atoms with E-state index in [1.807, 2.05) is 13.8 Å². The van der Waals surface area contributed by atoms with Gasteiger partial charge in [0.2, 0.25) is 0 Å². The minimum atomic E-state index is -0.941. The number of rotatable bonds is 6. The van der Waals surface area contributed by atoms with Crippen LogP contribution in [0.3, 0.4) is 0 Å². The van der Waals surface area contributed by atoms with Crippen molar-refractivity contribution in [1.82, 2.24) is 9.80 Å². The summed E-state index contributed by atoms with van der Waals surface area (Å²) < 4.78 is 0. The third-order valence-corrected chi connectivity index (χ3v) is 2.97. The van der Waals surface area contributed by atoms with Gasteiger partial charge >= 0.3 is 12.0 Å². The van der Waals surface area contributed by atoms with Crippen molar-refractivity contribution < 1.29 is 14.7 Å².